The van der Waals surface area contributed by atoms with Crippen LogP contribution in [0.3, 0.4) is 0 Å². The average Bonchev–Trinajstić information content (AvgIpc) is 3.72. The molecule has 8 bridgehead atoms. The predicted molar refractivity (Wildman–Crippen MR) is 191 cm³/mol. The molecule has 0 aliphatic carbocycles. The van der Waals surface area contributed by atoms with Gasteiger partial charge in [0, 0.05) is 46.0 Å². The summed E-state index contributed by atoms with van der Waals surface area (Å²) in [6, 6.07) is 7.88. The minimum Gasteiger partial charge on any atom is -0.481 e. The second-order valence-corrected chi connectivity index (χ2v) is 11.6. The van der Waals surface area contributed by atoms with E-state index < -0.39 is 31.2 Å². The summed E-state index contributed by atoms with van der Waals surface area (Å²) in [6.45, 7) is 15.1. The lowest BCUT2D eigenvalue weighted by atomic mass is 10.0. The van der Waals surface area contributed by atoms with Gasteiger partial charge in [-0.3, -0.25) is 14.4 Å². The van der Waals surface area contributed by atoms with Crippen LogP contribution in [0, 0.1) is 13.8 Å². The van der Waals surface area contributed by atoms with E-state index in [9.17, 15) is 24.6 Å². The molecular formula is C37H41N5O7. The first-order valence-corrected chi connectivity index (χ1v) is 15.7. The Kier molecular flexibility index (Phi) is 11.5. The van der Waals surface area contributed by atoms with Gasteiger partial charge in [-0.15, -0.1) is 0 Å². The number of hydrogen-bond acceptors (Lipinski definition) is 7. The second kappa shape index (κ2) is 15.5. The first-order chi connectivity index (χ1) is 23.3. The van der Waals surface area contributed by atoms with Crippen LogP contribution in [-0.4, -0.2) is 71.5 Å². The minimum atomic E-state index is -0.883. The molecule has 5 rings (SSSR count). The normalized spacial score (nSPS) is 12.4. The van der Waals surface area contributed by atoms with Gasteiger partial charge >= 0.3 is 11.9 Å². The first-order valence-electron chi connectivity index (χ1n) is 15.7. The lowest BCUT2D eigenvalue weighted by Gasteiger charge is -2.03. The summed E-state index contributed by atoms with van der Waals surface area (Å²) in [5.74, 6) is -2.33. The average molecular weight is 668 g/mol. The van der Waals surface area contributed by atoms with E-state index in [2.05, 4.69) is 23.1 Å². The van der Waals surface area contributed by atoms with Gasteiger partial charge in [0.05, 0.1) is 22.8 Å². The number of hydrogen-bond donors (Lipinski definition) is 7. The molecule has 0 saturated carbocycles. The Hall–Kier alpha value is -5.59. The second-order valence-electron chi connectivity index (χ2n) is 11.6. The molecule has 2 aliphatic heterocycles. The summed E-state index contributed by atoms with van der Waals surface area (Å²) in [7, 11) is 0. The molecule has 256 valence electrons. The Morgan fingerprint density at radius 3 is 1.88 bits per heavy atom. The summed E-state index contributed by atoms with van der Waals surface area (Å²) < 4.78 is 0. The number of aromatic nitrogens is 4. The van der Waals surface area contributed by atoms with Crippen LogP contribution in [0.1, 0.15) is 78.1 Å². The molecule has 0 radical (unpaired) electrons. The number of aliphatic hydroxyl groups excluding tert-OH is 2. The number of amides is 1. The minimum absolute atomic E-state index is 0.0259. The van der Waals surface area contributed by atoms with Crippen molar-refractivity contribution in [2.45, 2.75) is 53.4 Å². The summed E-state index contributed by atoms with van der Waals surface area (Å²) in [4.78, 5) is 49.9. The Balaban J connectivity index is 0.000000698. The lowest BCUT2D eigenvalue weighted by molar-refractivity contribution is -0.137. The number of rotatable bonds is 10. The molecule has 3 aromatic heterocycles. The molecule has 12 nitrogen and oxygen atoms in total. The first kappa shape index (κ1) is 36.2. The van der Waals surface area contributed by atoms with Gasteiger partial charge in [-0.1, -0.05) is 25.3 Å². The number of nitrogens with zero attached hydrogens (tertiary/aromatic N) is 2. The Morgan fingerprint density at radius 1 is 0.735 bits per heavy atom. The number of H-pyrrole nitrogens is 2. The zero-order valence-corrected chi connectivity index (χ0v) is 28.0. The third kappa shape index (κ3) is 7.94. The van der Waals surface area contributed by atoms with E-state index in [0.717, 1.165) is 83.7 Å². The van der Waals surface area contributed by atoms with Gasteiger partial charge in [0.25, 0.3) is 0 Å². The highest BCUT2D eigenvalue weighted by molar-refractivity contribution is 5.98. The quantitative estimate of drug-likeness (QED) is 0.135. The van der Waals surface area contributed by atoms with Crippen LogP contribution in [0.2, 0.25) is 0 Å². The van der Waals surface area contributed by atoms with Crippen molar-refractivity contribution in [2.24, 2.45) is 0 Å². The Morgan fingerprint density at radius 2 is 1.29 bits per heavy atom. The fraction of sp³-hybridized carbons (Fsp3) is 0.270. The fourth-order valence-electron chi connectivity index (χ4n) is 5.91. The number of aryl methyl sites for hydroxylation is 3. The lowest BCUT2D eigenvalue weighted by Crippen LogP contribution is -2.26. The topological polar surface area (TPSA) is 202 Å². The maximum absolute atomic E-state index is 11.5. The number of carboxylic acids is 2. The van der Waals surface area contributed by atoms with Crippen LogP contribution in [0.5, 0.6) is 0 Å². The number of aliphatic hydroxyl groups is 2. The third-order valence-corrected chi connectivity index (χ3v) is 8.64. The summed E-state index contributed by atoms with van der Waals surface area (Å²) in [6.07, 6.45) is 4.22. The molecular weight excluding hydrogens is 626 g/mol. The van der Waals surface area contributed by atoms with Crippen LogP contribution in [0.15, 0.2) is 43.5 Å². The zero-order valence-electron chi connectivity index (χ0n) is 28.0. The highest BCUT2D eigenvalue weighted by atomic mass is 16.4. The van der Waals surface area contributed by atoms with E-state index in [4.69, 9.17) is 20.2 Å². The van der Waals surface area contributed by atoms with Crippen molar-refractivity contribution in [3.63, 3.8) is 0 Å². The summed E-state index contributed by atoms with van der Waals surface area (Å²) >= 11 is 0. The van der Waals surface area contributed by atoms with Crippen molar-refractivity contribution < 1.29 is 34.8 Å². The number of allylic oxidation sites excluding steroid dienone is 5. The molecule has 0 saturated heterocycles. The van der Waals surface area contributed by atoms with Crippen molar-refractivity contribution in [1.82, 2.24) is 25.3 Å². The fourth-order valence-corrected chi connectivity index (χ4v) is 5.91. The molecule has 0 unspecified atom stereocenters. The standard InChI is InChI=1S/C34H34N4O4.C3H7NO3/c1-7-21-17(3)25-13-26-19(5)23(9-11-33(39)40)31(37-26)16-32-24(10-12-34(41)42)20(6)28(38-32)15-30-22(8-2)18(4)27(36-30)14-29(21)35-25;5-1-3(7)4-2-6/h7-8,13-16,35,38H,1-2,9-12H2,3-6H3,(H,39,40)(H,41,42);5-6H,1-2H2,(H,4,7). The van der Waals surface area contributed by atoms with Gasteiger partial charge < -0.3 is 35.7 Å². The van der Waals surface area contributed by atoms with Crippen molar-refractivity contribution in [1.29, 1.82) is 0 Å². The van der Waals surface area contributed by atoms with Crippen molar-refractivity contribution in [3.8, 4) is 0 Å². The van der Waals surface area contributed by atoms with Gasteiger partial charge in [-0.25, -0.2) is 9.97 Å². The number of aliphatic carboxylic acids is 2. The van der Waals surface area contributed by atoms with Crippen molar-refractivity contribution >= 4 is 68.3 Å². The SMILES string of the molecule is C=CC1=C(C)c2cc3[nH]c(cc4nc(cc5[nH]c(cc1n2)c(C)c5CCC(=O)O)C(CCC(=O)O)=C4C)c(C)c3C=C.O=C(CO)NCO. The molecule has 5 heterocycles. The number of fused-ring (bicyclic) bond motifs is 8. The van der Waals surface area contributed by atoms with Crippen LogP contribution in [0.4, 0.5) is 0 Å². The monoisotopic (exact) mass is 667 g/mol. The molecule has 1 amide bonds. The van der Waals surface area contributed by atoms with E-state index in [-0.39, 0.29) is 12.8 Å². The molecule has 12 heteroatoms. The number of carbonyl (C=O) groups excluding carboxylic acids is 1. The van der Waals surface area contributed by atoms with E-state index in [1.807, 2.05) is 63.4 Å². The van der Waals surface area contributed by atoms with Gasteiger partial charge in [-0.05, 0) is 98.2 Å². The maximum atomic E-state index is 11.5. The molecule has 0 spiro atoms. The molecule has 7 N–H and O–H groups in total. The van der Waals surface area contributed by atoms with Gasteiger partial charge in [0.15, 0.2) is 0 Å². The smallest absolute Gasteiger partial charge is 0.303 e. The molecule has 49 heavy (non-hydrogen) atoms. The third-order valence-electron chi connectivity index (χ3n) is 8.64. The van der Waals surface area contributed by atoms with Crippen molar-refractivity contribution in [3.05, 3.63) is 88.5 Å². The molecule has 0 aromatic carbocycles. The van der Waals surface area contributed by atoms with E-state index in [0.29, 0.717) is 18.5 Å². The highest BCUT2D eigenvalue weighted by Gasteiger charge is 2.21. The number of nitrogens with one attached hydrogen (secondary N) is 3. The predicted octanol–water partition coefficient (Wildman–Crippen LogP) is 5.55. The van der Waals surface area contributed by atoms with Gasteiger partial charge in [-0.2, -0.15) is 0 Å². The van der Waals surface area contributed by atoms with Gasteiger partial charge in [0.2, 0.25) is 5.91 Å². The molecule has 3 aromatic rings. The van der Waals surface area contributed by atoms with Crippen LogP contribution < -0.4 is 5.32 Å². The zero-order chi connectivity index (χ0) is 36.0. The molecule has 0 atom stereocenters. The molecule has 0 fully saturated rings. The number of carboxylic acid groups (broad SMARTS) is 2. The Bertz CT molecular complexity index is 2080. The van der Waals surface area contributed by atoms with Crippen molar-refractivity contribution in [2.75, 3.05) is 13.3 Å². The Labute approximate surface area is 283 Å². The maximum Gasteiger partial charge on any atom is 0.303 e. The van der Waals surface area contributed by atoms with Crippen LogP contribution in [0.25, 0.3) is 50.4 Å². The molecule has 2 aliphatic rings. The summed E-state index contributed by atoms with van der Waals surface area (Å²) in [5, 5.41) is 36.7. The summed E-state index contributed by atoms with van der Waals surface area (Å²) in [5.41, 5.74) is 13.7. The number of carbonyl (C=O) groups is 3. The van der Waals surface area contributed by atoms with E-state index >= 15 is 0 Å². The van der Waals surface area contributed by atoms with E-state index in [1.165, 1.54) is 0 Å². The number of aromatic amines is 2. The van der Waals surface area contributed by atoms with Crippen LogP contribution >= 0.6 is 0 Å². The largest absolute Gasteiger partial charge is 0.481 e. The van der Waals surface area contributed by atoms with Gasteiger partial charge in [0.1, 0.15) is 13.3 Å². The van der Waals surface area contributed by atoms with Crippen LogP contribution in [-0.2, 0) is 20.8 Å². The highest BCUT2D eigenvalue weighted by Crippen LogP contribution is 2.36. The van der Waals surface area contributed by atoms with E-state index in [1.54, 1.807) is 6.08 Å².